The van der Waals surface area contributed by atoms with Gasteiger partial charge in [0.15, 0.2) is 0 Å². The largest absolute Gasteiger partial charge is 0.480 e. The van der Waals surface area contributed by atoms with Crippen molar-refractivity contribution in [1.82, 2.24) is 15.5 Å². The van der Waals surface area contributed by atoms with E-state index < -0.39 is 29.5 Å². The fourth-order valence-corrected chi connectivity index (χ4v) is 3.24. The van der Waals surface area contributed by atoms with E-state index in [0.717, 1.165) is 12.8 Å². The number of nitrogens with one attached hydrogen (secondary N) is 1. The molecule has 0 atom stereocenters. The summed E-state index contributed by atoms with van der Waals surface area (Å²) in [7, 11) is 0. The molecule has 1 aliphatic rings. The number of amides is 1. The third-order valence-corrected chi connectivity index (χ3v) is 4.79. The topological polar surface area (TPSA) is 105 Å². The van der Waals surface area contributed by atoms with Crippen molar-refractivity contribution in [3.8, 4) is 11.4 Å². The summed E-state index contributed by atoms with van der Waals surface area (Å²) in [4.78, 5) is 27.6. The average molecular weight is 397 g/mol. The van der Waals surface area contributed by atoms with Crippen molar-refractivity contribution in [3.05, 3.63) is 35.7 Å². The van der Waals surface area contributed by atoms with Gasteiger partial charge >= 0.3 is 18.0 Å². The van der Waals surface area contributed by atoms with Gasteiger partial charge in [-0.25, -0.2) is 4.79 Å². The standard InChI is InChI=1S/C18H18F3N3O4/c19-18(20,21)15-22-13(24-28-15)11-5-7-12(8-6-11)14(25)23-17(16(26)27)9-3-1-2-4-10-17/h5-8H,1-4,9-10H2,(H,23,25)(H,26,27). The normalized spacial score (nSPS) is 17.0. The summed E-state index contributed by atoms with van der Waals surface area (Å²) < 4.78 is 41.8. The lowest BCUT2D eigenvalue weighted by Gasteiger charge is -2.29. The highest BCUT2D eigenvalue weighted by Crippen LogP contribution is 2.30. The van der Waals surface area contributed by atoms with Gasteiger partial charge in [-0.2, -0.15) is 18.2 Å². The molecule has 2 N–H and O–H groups in total. The number of hydrogen-bond donors (Lipinski definition) is 2. The fourth-order valence-electron chi connectivity index (χ4n) is 3.24. The molecule has 28 heavy (non-hydrogen) atoms. The van der Waals surface area contributed by atoms with Gasteiger partial charge in [0.2, 0.25) is 5.82 Å². The van der Waals surface area contributed by atoms with E-state index >= 15 is 0 Å². The van der Waals surface area contributed by atoms with E-state index in [1.54, 1.807) is 0 Å². The van der Waals surface area contributed by atoms with Crippen LogP contribution in [-0.2, 0) is 11.0 Å². The molecule has 0 radical (unpaired) electrons. The number of carboxylic acids is 1. The molecule has 0 unspecified atom stereocenters. The molecular formula is C18H18F3N3O4. The van der Waals surface area contributed by atoms with Crippen LogP contribution >= 0.6 is 0 Å². The lowest BCUT2D eigenvalue weighted by Crippen LogP contribution is -2.54. The second-order valence-electron chi connectivity index (χ2n) is 6.75. The Morgan fingerprint density at radius 1 is 1.07 bits per heavy atom. The van der Waals surface area contributed by atoms with Crippen LogP contribution in [0.15, 0.2) is 28.8 Å². The van der Waals surface area contributed by atoms with Gasteiger partial charge in [0.1, 0.15) is 5.54 Å². The smallest absolute Gasteiger partial charge is 0.471 e. The fraction of sp³-hybridized carbons (Fsp3) is 0.444. The monoisotopic (exact) mass is 397 g/mol. The van der Waals surface area contributed by atoms with Crippen LogP contribution < -0.4 is 5.32 Å². The molecule has 3 rings (SSSR count). The summed E-state index contributed by atoms with van der Waals surface area (Å²) >= 11 is 0. The highest BCUT2D eigenvalue weighted by Gasteiger charge is 2.40. The van der Waals surface area contributed by atoms with Crippen molar-refractivity contribution in [3.63, 3.8) is 0 Å². The zero-order valence-corrected chi connectivity index (χ0v) is 14.8. The molecule has 1 aromatic carbocycles. The van der Waals surface area contributed by atoms with Crippen LogP contribution in [0.2, 0.25) is 0 Å². The van der Waals surface area contributed by atoms with Gasteiger partial charge in [-0.3, -0.25) is 4.79 Å². The molecule has 1 aliphatic carbocycles. The van der Waals surface area contributed by atoms with E-state index in [-0.39, 0.29) is 17.0 Å². The van der Waals surface area contributed by atoms with Gasteiger partial charge in [0.25, 0.3) is 5.91 Å². The zero-order valence-electron chi connectivity index (χ0n) is 14.8. The van der Waals surface area contributed by atoms with Crippen LogP contribution in [-0.4, -0.2) is 32.7 Å². The van der Waals surface area contributed by atoms with Crippen LogP contribution in [0.3, 0.4) is 0 Å². The SMILES string of the molecule is O=C(NC1(C(=O)O)CCCCCC1)c1ccc(-c2noc(C(F)(F)F)n2)cc1. The molecule has 1 aromatic heterocycles. The molecule has 1 fully saturated rings. The molecule has 1 amide bonds. The molecule has 150 valence electrons. The Kier molecular flexibility index (Phi) is 5.39. The molecule has 0 spiro atoms. The lowest BCUT2D eigenvalue weighted by atomic mass is 9.89. The second-order valence-corrected chi connectivity index (χ2v) is 6.75. The van der Waals surface area contributed by atoms with E-state index in [1.807, 2.05) is 0 Å². The third-order valence-electron chi connectivity index (χ3n) is 4.79. The van der Waals surface area contributed by atoms with Gasteiger partial charge in [0, 0.05) is 11.1 Å². The summed E-state index contributed by atoms with van der Waals surface area (Å²) in [6.45, 7) is 0. The number of halogens is 3. The molecule has 1 saturated carbocycles. The van der Waals surface area contributed by atoms with Crippen LogP contribution in [0.4, 0.5) is 13.2 Å². The lowest BCUT2D eigenvalue weighted by molar-refractivity contribution is -0.159. The van der Waals surface area contributed by atoms with E-state index in [1.165, 1.54) is 24.3 Å². The third kappa shape index (κ3) is 4.15. The molecule has 0 saturated heterocycles. The van der Waals surface area contributed by atoms with E-state index in [9.17, 15) is 27.9 Å². The number of carbonyl (C=O) groups excluding carboxylic acids is 1. The molecular weight excluding hydrogens is 379 g/mol. The summed E-state index contributed by atoms with van der Waals surface area (Å²) in [6, 6.07) is 5.50. The first-order chi connectivity index (χ1) is 13.2. The highest BCUT2D eigenvalue weighted by molar-refractivity contribution is 5.98. The molecule has 10 heteroatoms. The zero-order chi connectivity index (χ0) is 20.4. The number of alkyl halides is 3. The van der Waals surface area contributed by atoms with Crippen LogP contribution in [0.1, 0.15) is 54.8 Å². The van der Waals surface area contributed by atoms with Gasteiger partial charge in [-0.15, -0.1) is 0 Å². The number of aromatic nitrogens is 2. The number of carbonyl (C=O) groups is 2. The van der Waals surface area contributed by atoms with Crippen molar-refractivity contribution in [2.45, 2.75) is 50.2 Å². The van der Waals surface area contributed by atoms with Crippen LogP contribution in [0.5, 0.6) is 0 Å². The summed E-state index contributed by atoms with van der Waals surface area (Å²) in [5.41, 5.74) is -0.881. The van der Waals surface area contributed by atoms with Crippen molar-refractivity contribution >= 4 is 11.9 Å². The number of hydrogen-bond acceptors (Lipinski definition) is 5. The maximum atomic E-state index is 12.5. The Labute approximate surface area is 157 Å². The van der Waals surface area contributed by atoms with E-state index in [2.05, 4.69) is 20.0 Å². The summed E-state index contributed by atoms with van der Waals surface area (Å²) in [5.74, 6) is -3.34. The van der Waals surface area contributed by atoms with Crippen molar-refractivity contribution < 1.29 is 32.4 Å². The van der Waals surface area contributed by atoms with E-state index in [4.69, 9.17) is 0 Å². The average Bonchev–Trinajstić information content (AvgIpc) is 3.03. The van der Waals surface area contributed by atoms with Crippen LogP contribution in [0.25, 0.3) is 11.4 Å². The van der Waals surface area contributed by atoms with E-state index in [0.29, 0.717) is 25.7 Å². The van der Waals surface area contributed by atoms with Crippen molar-refractivity contribution in [2.75, 3.05) is 0 Å². The Morgan fingerprint density at radius 3 is 2.18 bits per heavy atom. The predicted molar refractivity (Wildman–Crippen MR) is 90.3 cm³/mol. The second kappa shape index (κ2) is 7.61. The number of aliphatic carboxylic acids is 1. The summed E-state index contributed by atoms with van der Waals surface area (Å²) in [5, 5.41) is 15.6. The molecule has 0 bridgehead atoms. The first-order valence-electron chi connectivity index (χ1n) is 8.78. The maximum absolute atomic E-state index is 12.5. The van der Waals surface area contributed by atoms with Gasteiger partial charge < -0.3 is 14.9 Å². The first-order valence-corrected chi connectivity index (χ1v) is 8.78. The Balaban J connectivity index is 1.76. The number of nitrogens with zero attached hydrogens (tertiary/aromatic N) is 2. The van der Waals surface area contributed by atoms with Crippen LogP contribution in [0, 0.1) is 0 Å². The minimum Gasteiger partial charge on any atom is -0.480 e. The Hall–Kier alpha value is -2.91. The summed E-state index contributed by atoms with van der Waals surface area (Å²) in [6.07, 6.45) is -0.760. The van der Waals surface area contributed by atoms with Gasteiger partial charge in [-0.05, 0) is 25.0 Å². The van der Waals surface area contributed by atoms with Crippen molar-refractivity contribution in [1.29, 1.82) is 0 Å². The minimum atomic E-state index is -4.74. The number of rotatable bonds is 4. The molecule has 2 aromatic rings. The number of benzene rings is 1. The highest BCUT2D eigenvalue weighted by atomic mass is 19.4. The number of carboxylic acid groups (broad SMARTS) is 1. The Morgan fingerprint density at radius 2 is 1.68 bits per heavy atom. The molecule has 7 nitrogen and oxygen atoms in total. The first kappa shape index (κ1) is 19.8. The molecule has 1 heterocycles. The van der Waals surface area contributed by atoms with Gasteiger partial charge in [-0.1, -0.05) is 43.0 Å². The predicted octanol–water partition coefficient (Wildman–Crippen LogP) is 3.66. The maximum Gasteiger partial charge on any atom is 0.471 e. The minimum absolute atomic E-state index is 0.188. The van der Waals surface area contributed by atoms with Crippen molar-refractivity contribution in [2.24, 2.45) is 0 Å². The Bertz CT molecular complexity index is 854. The quantitative estimate of drug-likeness (QED) is 0.763. The van der Waals surface area contributed by atoms with Gasteiger partial charge in [0.05, 0.1) is 0 Å². The molecule has 0 aliphatic heterocycles.